The Labute approximate surface area is 120 Å². The van der Waals surface area contributed by atoms with E-state index in [2.05, 4.69) is 19.0 Å². The summed E-state index contributed by atoms with van der Waals surface area (Å²) in [6.45, 7) is 7.48. The average molecular weight is 284 g/mol. The summed E-state index contributed by atoms with van der Waals surface area (Å²) in [5, 5.41) is 0. The molecule has 0 saturated heterocycles. The van der Waals surface area contributed by atoms with Gasteiger partial charge < -0.3 is 14.4 Å². The number of hydrogen-bond donors (Lipinski definition) is 1. The van der Waals surface area contributed by atoms with E-state index in [1.807, 2.05) is 6.08 Å². The molecular formula is C14H24N2O4. The van der Waals surface area contributed by atoms with E-state index in [1.165, 1.54) is 5.57 Å². The van der Waals surface area contributed by atoms with Crippen molar-refractivity contribution in [3.63, 3.8) is 0 Å². The summed E-state index contributed by atoms with van der Waals surface area (Å²) in [7, 11) is 3.28. The third kappa shape index (κ3) is 4.63. The van der Waals surface area contributed by atoms with Gasteiger partial charge in [-0.3, -0.25) is 4.84 Å². The summed E-state index contributed by atoms with van der Waals surface area (Å²) in [5.41, 5.74) is 3.59. The fourth-order valence-electron chi connectivity index (χ4n) is 2.17. The molecule has 6 heteroatoms. The molecular weight excluding hydrogens is 260 g/mol. The van der Waals surface area contributed by atoms with Crippen molar-refractivity contribution in [3.8, 4) is 0 Å². The van der Waals surface area contributed by atoms with Gasteiger partial charge in [0.1, 0.15) is 0 Å². The van der Waals surface area contributed by atoms with E-state index in [0.29, 0.717) is 19.8 Å². The van der Waals surface area contributed by atoms with Crippen LogP contribution in [0.25, 0.3) is 0 Å². The predicted molar refractivity (Wildman–Crippen MR) is 76.2 cm³/mol. The van der Waals surface area contributed by atoms with E-state index in [9.17, 15) is 4.79 Å². The number of methoxy groups -OCH3 is 2. The van der Waals surface area contributed by atoms with Gasteiger partial charge in [-0.25, -0.2) is 10.3 Å². The Hall–Kier alpha value is -1.37. The number of carbonyl (C=O) groups is 1. The lowest BCUT2D eigenvalue weighted by Crippen LogP contribution is -2.51. The lowest BCUT2D eigenvalue weighted by molar-refractivity contribution is 0.0471. The fraction of sp³-hybridized carbons (Fsp3) is 0.643. The number of rotatable bonds is 7. The Kier molecular flexibility index (Phi) is 7.28. The Morgan fingerprint density at radius 1 is 1.55 bits per heavy atom. The monoisotopic (exact) mass is 284 g/mol. The first-order valence-corrected chi connectivity index (χ1v) is 6.61. The quantitative estimate of drug-likeness (QED) is 0.435. The van der Waals surface area contributed by atoms with Crippen LogP contribution in [-0.4, -0.2) is 57.6 Å². The molecule has 0 aromatic carbocycles. The molecule has 0 aromatic rings. The molecule has 114 valence electrons. The zero-order chi connectivity index (χ0) is 15.0. The summed E-state index contributed by atoms with van der Waals surface area (Å²) >= 11 is 0. The highest BCUT2D eigenvalue weighted by molar-refractivity contribution is 5.74. The van der Waals surface area contributed by atoms with Crippen molar-refractivity contribution in [2.45, 2.75) is 13.0 Å². The first-order valence-electron chi connectivity index (χ1n) is 6.61. The smallest absolute Gasteiger partial charge is 0.341 e. The van der Waals surface area contributed by atoms with E-state index >= 15 is 0 Å². The molecule has 1 N–H and O–H groups in total. The van der Waals surface area contributed by atoms with E-state index in [-0.39, 0.29) is 24.6 Å². The van der Waals surface area contributed by atoms with Crippen LogP contribution in [0.1, 0.15) is 6.92 Å². The molecule has 6 nitrogen and oxygen atoms in total. The van der Waals surface area contributed by atoms with E-state index < -0.39 is 0 Å². The Morgan fingerprint density at radius 3 is 2.90 bits per heavy atom. The average Bonchev–Trinajstić information content (AvgIpc) is 2.43. The van der Waals surface area contributed by atoms with Gasteiger partial charge in [0.15, 0.2) is 0 Å². The molecule has 1 aliphatic rings. The molecule has 0 saturated carbocycles. The lowest BCUT2D eigenvalue weighted by Gasteiger charge is -2.37. The molecule has 0 aliphatic carbocycles. The number of nitrogens with zero attached hydrogens (tertiary/aromatic N) is 1. The highest BCUT2D eigenvalue weighted by atomic mass is 16.7. The maximum atomic E-state index is 12.1. The number of urea groups is 1. The van der Waals surface area contributed by atoms with Crippen LogP contribution in [-0.2, 0) is 14.3 Å². The second-order valence-corrected chi connectivity index (χ2v) is 4.76. The van der Waals surface area contributed by atoms with Gasteiger partial charge in [-0.15, -0.1) is 6.58 Å². The lowest BCUT2D eigenvalue weighted by atomic mass is 9.94. The van der Waals surface area contributed by atoms with Crippen molar-refractivity contribution in [2.24, 2.45) is 5.92 Å². The van der Waals surface area contributed by atoms with Crippen LogP contribution in [0, 0.1) is 5.92 Å². The van der Waals surface area contributed by atoms with Gasteiger partial charge in [0, 0.05) is 20.8 Å². The third-order valence-corrected chi connectivity index (χ3v) is 3.18. The van der Waals surface area contributed by atoms with Gasteiger partial charge in [0.2, 0.25) is 0 Å². The van der Waals surface area contributed by atoms with E-state index in [0.717, 1.165) is 0 Å². The summed E-state index contributed by atoms with van der Waals surface area (Å²) < 4.78 is 10.4. The second kappa shape index (κ2) is 8.73. The van der Waals surface area contributed by atoms with Crippen LogP contribution < -0.4 is 5.48 Å². The predicted octanol–water partition coefficient (Wildman–Crippen LogP) is 1.35. The Bertz CT molecular complexity index is 357. The zero-order valence-corrected chi connectivity index (χ0v) is 12.4. The van der Waals surface area contributed by atoms with Gasteiger partial charge in [-0.1, -0.05) is 19.1 Å². The molecule has 0 bridgehead atoms. The second-order valence-electron chi connectivity index (χ2n) is 4.76. The number of carbonyl (C=O) groups excluding carboxylic acids is 1. The van der Waals surface area contributed by atoms with Crippen LogP contribution in [0.5, 0.6) is 0 Å². The van der Waals surface area contributed by atoms with Crippen LogP contribution in [0.3, 0.4) is 0 Å². The van der Waals surface area contributed by atoms with E-state index in [4.69, 9.17) is 14.3 Å². The fourth-order valence-corrected chi connectivity index (χ4v) is 2.17. The molecule has 2 atom stereocenters. The van der Waals surface area contributed by atoms with Crippen LogP contribution in [0.2, 0.25) is 0 Å². The standard InChI is InChI=1S/C14H24N2O4/c1-5-6-20-15-14(17)16-8-11(2)12(9-18-3)7-13(16)10-19-4/h5,7,11,13H,1,6,8-10H2,2-4H3,(H,15,17)/t11?,13-/m0/s1. The van der Waals surface area contributed by atoms with Gasteiger partial charge in [0.25, 0.3) is 0 Å². The van der Waals surface area contributed by atoms with Gasteiger partial charge in [-0.05, 0) is 11.5 Å². The normalized spacial score (nSPS) is 22.4. The Morgan fingerprint density at radius 2 is 2.30 bits per heavy atom. The number of nitrogens with one attached hydrogen (secondary N) is 1. The SMILES string of the molecule is C=CCONC(=O)N1CC(C)C(COC)=C[C@H]1COC. The third-order valence-electron chi connectivity index (χ3n) is 3.18. The number of hydrogen-bond acceptors (Lipinski definition) is 4. The Balaban J connectivity index is 2.73. The number of hydroxylamine groups is 1. The zero-order valence-electron chi connectivity index (χ0n) is 12.4. The summed E-state index contributed by atoms with van der Waals surface area (Å²) in [6, 6.07) is -0.387. The highest BCUT2D eigenvalue weighted by Gasteiger charge is 2.30. The molecule has 20 heavy (non-hydrogen) atoms. The van der Waals surface area contributed by atoms with Crippen molar-refractivity contribution in [1.29, 1.82) is 0 Å². The van der Waals surface area contributed by atoms with Gasteiger partial charge in [-0.2, -0.15) is 0 Å². The van der Waals surface area contributed by atoms with Crippen molar-refractivity contribution in [1.82, 2.24) is 10.4 Å². The van der Waals surface area contributed by atoms with Crippen LogP contribution in [0.15, 0.2) is 24.3 Å². The van der Waals surface area contributed by atoms with Crippen molar-refractivity contribution >= 4 is 6.03 Å². The van der Waals surface area contributed by atoms with Gasteiger partial charge >= 0.3 is 6.03 Å². The maximum absolute atomic E-state index is 12.1. The molecule has 1 heterocycles. The molecule has 0 spiro atoms. The van der Waals surface area contributed by atoms with E-state index in [1.54, 1.807) is 25.2 Å². The largest absolute Gasteiger partial charge is 0.382 e. The van der Waals surface area contributed by atoms with Crippen LogP contribution in [0.4, 0.5) is 4.79 Å². The topological polar surface area (TPSA) is 60.0 Å². The molecule has 1 unspecified atom stereocenters. The number of amides is 2. The minimum absolute atomic E-state index is 0.117. The first-order chi connectivity index (χ1) is 9.63. The molecule has 0 radical (unpaired) electrons. The molecule has 0 aromatic heterocycles. The van der Waals surface area contributed by atoms with Gasteiger partial charge in [0.05, 0.1) is 25.9 Å². The van der Waals surface area contributed by atoms with Crippen molar-refractivity contribution in [2.75, 3.05) is 40.6 Å². The van der Waals surface area contributed by atoms with Crippen molar-refractivity contribution < 1.29 is 19.1 Å². The maximum Gasteiger partial charge on any atom is 0.341 e. The molecule has 1 aliphatic heterocycles. The minimum Gasteiger partial charge on any atom is -0.382 e. The first kappa shape index (κ1) is 16.7. The molecule has 0 fully saturated rings. The minimum atomic E-state index is -0.270. The number of ether oxygens (including phenoxy) is 2. The highest BCUT2D eigenvalue weighted by Crippen LogP contribution is 2.22. The van der Waals surface area contributed by atoms with Crippen molar-refractivity contribution in [3.05, 3.63) is 24.3 Å². The van der Waals surface area contributed by atoms with Crippen LogP contribution >= 0.6 is 0 Å². The summed E-state index contributed by atoms with van der Waals surface area (Å²) in [6.07, 6.45) is 3.61. The summed E-state index contributed by atoms with van der Waals surface area (Å²) in [5.74, 6) is 0.244. The summed E-state index contributed by atoms with van der Waals surface area (Å²) in [4.78, 5) is 18.8. The molecule has 2 amide bonds. The molecule has 1 rings (SSSR count).